The number of ether oxygens (including phenoxy) is 2. The van der Waals surface area contributed by atoms with Crippen molar-refractivity contribution >= 4 is 11.0 Å². The van der Waals surface area contributed by atoms with Gasteiger partial charge in [-0.25, -0.2) is 4.79 Å². The monoisotopic (exact) mass is 258 g/mol. The highest BCUT2D eigenvalue weighted by molar-refractivity contribution is 5.83. The van der Waals surface area contributed by atoms with Crippen LogP contribution >= 0.6 is 0 Å². The molecule has 4 rings (SSSR count). The lowest BCUT2D eigenvalue weighted by molar-refractivity contribution is 0.263. The highest BCUT2D eigenvalue weighted by Gasteiger charge is 2.23. The van der Waals surface area contributed by atoms with Crippen LogP contribution in [0.15, 0.2) is 27.4 Å². The minimum Gasteiger partial charge on any atom is -0.491 e. The lowest BCUT2D eigenvalue weighted by Gasteiger charge is -2.07. The van der Waals surface area contributed by atoms with Gasteiger partial charge in [0.05, 0.1) is 6.61 Å². The minimum absolute atomic E-state index is 0.192. The SMILES string of the molecule is O=c1oc2cc(OCC3CO3)ccc2c2c1CCC2. The van der Waals surface area contributed by atoms with Crippen LogP contribution in [-0.4, -0.2) is 19.3 Å². The van der Waals surface area contributed by atoms with Gasteiger partial charge >= 0.3 is 5.63 Å². The van der Waals surface area contributed by atoms with Gasteiger partial charge in [-0.1, -0.05) is 0 Å². The zero-order valence-electron chi connectivity index (χ0n) is 10.5. The summed E-state index contributed by atoms with van der Waals surface area (Å²) in [5, 5.41) is 1.04. The van der Waals surface area contributed by atoms with Crippen molar-refractivity contribution in [2.45, 2.75) is 25.4 Å². The van der Waals surface area contributed by atoms with Crippen LogP contribution in [0.1, 0.15) is 17.5 Å². The Bertz CT molecular complexity index is 697. The highest BCUT2D eigenvalue weighted by Crippen LogP contribution is 2.29. The van der Waals surface area contributed by atoms with E-state index in [-0.39, 0.29) is 11.7 Å². The van der Waals surface area contributed by atoms with Gasteiger partial charge in [-0.2, -0.15) is 0 Å². The predicted octanol–water partition coefficient (Wildman–Crippen LogP) is 2.06. The lowest BCUT2D eigenvalue weighted by atomic mass is 10.1. The first-order valence-corrected chi connectivity index (χ1v) is 6.64. The quantitative estimate of drug-likeness (QED) is 0.624. The van der Waals surface area contributed by atoms with Crippen molar-refractivity contribution in [2.75, 3.05) is 13.2 Å². The van der Waals surface area contributed by atoms with E-state index in [4.69, 9.17) is 13.9 Å². The fourth-order valence-corrected chi connectivity index (χ4v) is 2.71. The molecule has 1 aliphatic carbocycles. The van der Waals surface area contributed by atoms with Crippen LogP contribution in [0.4, 0.5) is 0 Å². The van der Waals surface area contributed by atoms with E-state index in [1.165, 1.54) is 0 Å². The molecular weight excluding hydrogens is 244 g/mol. The summed E-state index contributed by atoms with van der Waals surface area (Å²) in [6.07, 6.45) is 3.07. The summed E-state index contributed by atoms with van der Waals surface area (Å²) < 4.78 is 16.1. The molecule has 1 aromatic carbocycles. The third-order valence-corrected chi connectivity index (χ3v) is 3.78. The molecule has 1 fully saturated rings. The number of benzene rings is 1. The van der Waals surface area contributed by atoms with Gasteiger partial charge < -0.3 is 13.9 Å². The first-order valence-electron chi connectivity index (χ1n) is 6.64. The average Bonchev–Trinajstić information content (AvgIpc) is 3.10. The summed E-state index contributed by atoms with van der Waals surface area (Å²) in [5.74, 6) is 0.726. The second-order valence-electron chi connectivity index (χ2n) is 5.12. The Labute approximate surface area is 109 Å². The molecule has 19 heavy (non-hydrogen) atoms. The van der Waals surface area contributed by atoms with Crippen molar-refractivity contribution in [2.24, 2.45) is 0 Å². The van der Waals surface area contributed by atoms with Crippen molar-refractivity contribution < 1.29 is 13.9 Å². The Balaban J connectivity index is 1.76. The Morgan fingerprint density at radius 3 is 2.95 bits per heavy atom. The standard InChI is InChI=1S/C15H14O4/c16-15-13-3-1-2-11(13)12-5-4-9(6-14(12)19-15)17-7-10-8-18-10/h4-6,10H,1-3,7-8H2. The molecule has 1 atom stereocenters. The van der Waals surface area contributed by atoms with Crippen molar-refractivity contribution in [3.63, 3.8) is 0 Å². The van der Waals surface area contributed by atoms with Crippen LogP contribution in [0, 0.1) is 0 Å². The van der Waals surface area contributed by atoms with E-state index >= 15 is 0 Å². The van der Waals surface area contributed by atoms with E-state index in [0.29, 0.717) is 12.2 Å². The number of rotatable bonds is 3. The molecule has 1 saturated heterocycles. The maximum absolute atomic E-state index is 11.9. The molecule has 0 saturated carbocycles. The molecule has 1 unspecified atom stereocenters. The molecule has 0 N–H and O–H groups in total. The van der Waals surface area contributed by atoms with Gasteiger partial charge in [-0.3, -0.25) is 0 Å². The van der Waals surface area contributed by atoms with Crippen LogP contribution in [0.2, 0.25) is 0 Å². The van der Waals surface area contributed by atoms with Crippen molar-refractivity contribution in [3.8, 4) is 5.75 Å². The van der Waals surface area contributed by atoms with Crippen LogP contribution in [-0.2, 0) is 17.6 Å². The molecule has 4 heteroatoms. The van der Waals surface area contributed by atoms with Gasteiger partial charge in [0.25, 0.3) is 0 Å². The Morgan fingerprint density at radius 1 is 1.26 bits per heavy atom. The summed E-state index contributed by atoms with van der Waals surface area (Å²) >= 11 is 0. The molecule has 4 nitrogen and oxygen atoms in total. The van der Waals surface area contributed by atoms with E-state index in [0.717, 1.165) is 48.1 Å². The van der Waals surface area contributed by atoms with E-state index in [1.54, 1.807) is 6.07 Å². The zero-order chi connectivity index (χ0) is 12.8. The molecule has 0 amide bonds. The number of fused-ring (bicyclic) bond motifs is 3. The van der Waals surface area contributed by atoms with Crippen molar-refractivity contribution in [1.29, 1.82) is 0 Å². The van der Waals surface area contributed by atoms with E-state index in [9.17, 15) is 4.79 Å². The highest BCUT2D eigenvalue weighted by atomic mass is 16.6. The molecular formula is C15H14O4. The first kappa shape index (κ1) is 11.1. The second-order valence-corrected chi connectivity index (χ2v) is 5.12. The maximum Gasteiger partial charge on any atom is 0.339 e. The average molecular weight is 258 g/mol. The Hall–Kier alpha value is -1.81. The summed E-state index contributed by atoms with van der Waals surface area (Å²) in [5.41, 5.74) is 2.44. The minimum atomic E-state index is -0.192. The number of epoxide rings is 1. The van der Waals surface area contributed by atoms with Gasteiger partial charge in [0.15, 0.2) is 0 Å². The molecule has 0 radical (unpaired) electrons. The Kier molecular flexibility index (Phi) is 2.38. The van der Waals surface area contributed by atoms with Crippen molar-refractivity contribution in [1.82, 2.24) is 0 Å². The summed E-state index contributed by atoms with van der Waals surface area (Å²) in [7, 11) is 0. The molecule has 0 spiro atoms. The van der Waals surface area contributed by atoms with Gasteiger partial charge in [-0.05, 0) is 37.0 Å². The molecule has 2 aliphatic rings. The van der Waals surface area contributed by atoms with Gasteiger partial charge in [0.1, 0.15) is 24.0 Å². The van der Waals surface area contributed by atoms with Crippen LogP contribution in [0.5, 0.6) is 5.75 Å². The van der Waals surface area contributed by atoms with Gasteiger partial charge in [0.2, 0.25) is 0 Å². The molecule has 2 heterocycles. The number of hydrogen-bond acceptors (Lipinski definition) is 4. The second kappa shape index (κ2) is 4.10. The third-order valence-electron chi connectivity index (χ3n) is 3.78. The fraction of sp³-hybridized carbons (Fsp3) is 0.400. The normalized spacial score (nSPS) is 20.5. The Morgan fingerprint density at radius 2 is 2.11 bits per heavy atom. The predicted molar refractivity (Wildman–Crippen MR) is 69.7 cm³/mol. The van der Waals surface area contributed by atoms with Gasteiger partial charge in [-0.15, -0.1) is 0 Å². The lowest BCUT2D eigenvalue weighted by Crippen LogP contribution is -2.07. The topological polar surface area (TPSA) is 52.0 Å². The summed E-state index contributed by atoms with van der Waals surface area (Å²) in [4.78, 5) is 11.9. The van der Waals surface area contributed by atoms with E-state index < -0.39 is 0 Å². The molecule has 98 valence electrons. The van der Waals surface area contributed by atoms with E-state index in [2.05, 4.69) is 0 Å². The van der Waals surface area contributed by atoms with Crippen molar-refractivity contribution in [3.05, 3.63) is 39.7 Å². The first-order chi connectivity index (χ1) is 9.31. The molecule has 2 aromatic rings. The molecule has 1 aromatic heterocycles. The third kappa shape index (κ3) is 1.92. The van der Waals surface area contributed by atoms with Crippen LogP contribution < -0.4 is 10.4 Å². The number of aryl methyl sites for hydroxylation is 1. The van der Waals surface area contributed by atoms with Crippen LogP contribution in [0.3, 0.4) is 0 Å². The largest absolute Gasteiger partial charge is 0.491 e. The maximum atomic E-state index is 11.9. The number of hydrogen-bond donors (Lipinski definition) is 0. The van der Waals surface area contributed by atoms with Crippen LogP contribution in [0.25, 0.3) is 11.0 Å². The molecule has 0 bridgehead atoms. The summed E-state index contributed by atoms with van der Waals surface area (Å²) in [6.45, 7) is 1.33. The smallest absolute Gasteiger partial charge is 0.339 e. The fourth-order valence-electron chi connectivity index (χ4n) is 2.71. The summed E-state index contributed by atoms with van der Waals surface area (Å²) in [6, 6.07) is 5.73. The van der Waals surface area contributed by atoms with Gasteiger partial charge in [0, 0.05) is 17.0 Å². The zero-order valence-corrected chi connectivity index (χ0v) is 10.5. The van der Waals surface area contributed by atoms with E-state index in [1.807, 2.05) is 12.1 Å². The molecule has 1 aliphatic heterocycles.